The number of nitrogens with zero attached hydrogens (tertiary/aromatic N) is 5. The summed E-state index contributed by atoms with van der Waals surface area (Å²) in [7, 11) is 0. The van der Waals surface area contributed by atoms with E-state index in [1.54, 1.807) is 30.6 Å². The van der Waals surface area contributed by atoms with Crippen molar-refractivity contribution in [1.82, 2.24) is 19.9 Å². The van der Waals surface area contributed by atoms with E-state index in [4.69, 9.17) is 0 Å². The second-order valence-electron chi connectivity index (χ2n) is 7.85. The topological polar surface area (TPSA) is 83.9 Å². The van der Waals surface area contributed by atoms with Crippen molar-refractivity contribution in [2.75, 3.05) is 16.8 Å². The first-order valence-corrected chi connectivity index (χ1v) is 10.4. The molecule has 4 rings (SSSR count). The van der Waals surface area contributed by atoms with Gasteiger partial charge in [-0.2, -0.15) is 0 Å². The van der Waals surface area contributed by atoms with Crippen LogP contribution in [0.1, 0.15) is 41.5 Å². The largest absolute Gasteiger partial charge is 0.364 e. The molecule has 3 aromatic rings. The van der Waals surface area contributed by atoms with Crippen molar-refractivity contribution in [2.24, 2.45) is 0 Å². The van der Waals surface area contributed by atoms with Crippen LogP contribution in [0.3, 0.4) is 0 Å². The fraction of sp³-hybridized carbons (Fsp3) is 0.348. The quantitative estimate of drug-likeness (QED) is 0.625. The van der Waals surface area contributed by atoms with Gasteiger partial charge in [-0.25, -0.2) is 24.3 Å². The fourth-order valence-electron chi connectivity index (χ4n) is 4.18. The maximum absolute atomic E-state index is 15.5. The standard InChI is InChI=1S/C23H25FN6O/c1-14-12-15(2)28-23(27-14)29-19-6-4-11-30(16(19)3)20-8-7-17(18(13-31)21(20)24)22-25-9-5-10-26-22/h5,7-10,12-13,16,19H,4,6,11H2,1-3H3,(H,27,28,29)/t16-,19+/m1/s1. The van der Waals surface area contributed by atoms with Gasteiger partial charge >= 0.3 is 0 Å². The third-order valence-corrected chi connectivity index (χ3v) is 5.68. The molecule has 0 radical (unpaired) electrons. The van der Waals surface area contributed by atoms with Crippen LogP contribution in [0.2, 0.25) is 0 Å². The number of carbonyl (C=O) groups excluding carboxylic acids is 1. The van der Waals surface area contributed by atoms with Crippen LogP contribution in [0.5, 0.6) is 0 Å². The molecule has 7 nitrogen and oxygen atoms in total. The van der Waals surface area contributed by atoms with E-state index < -0.39 is 5.82 Å². The van der Waals surface area contributed by atoms with Crippen molar-refractivity contribution in [1.29, 1.82) is 0 Å². The third kappa shape index (κ3) is 4.23. The lowest BCUT2D eigenvalue weighted by atomic mass is 9.95. The number of nitrogens with one attached hydrogen (secondary N) is 1. The Morgan fingerprint density at radius 1 is 1.16 bits per heavy atom. The van der Waals surface area contributed by atoms with E-state index in [-0.39, 0.29) is 17.6 Å². The van der Waals surface area contributed by atoms with Crippen LogP contribution in [-0.2, 0) is 0 Å². The molecule has 0 aliphatic carbocycles. The molecule has 0 unspecified atom stereocenters. The Morgan fingerprint density at radius 3 is 2.55 bits per heavy atom. The highest BCUT2D eigenvalue weighted by Crippen LogP contribution is 2.33. The van der Waals surface area contributed by atoms with E-state index in [1.165, 1.54) is 0 Å². The first-order chi connectivity index (χ1) is 15.0. The molecule has 1 aliphatic rings. The molecule has 31 heavy (non-hydrogen) atoms. The molecule has 1 saturated heterocycles. The van der Waals surface area contributed by atoms with Gasteiger partial charge in [0.1, 0.15) is 0 Å². The van der Waals surface area contributed by atoms with E-state index in [9.17, 15) is 4.79 Å². The highest BCUT2D eigenvalue weighted by Gasteiger charge is 2.31. The van der Waals surface area contributed by atoms with Gasteiger partial charge in [0.05, 0.1) is 11.3 Å². The zero-order valence-electron chi connectivity index (χ0n) is 17.8. The number of hydrogen-bond acceptors (Lipinski definition) is 7. The van der Waals surface area contributed by atoms with Gasteiger partial charge in [0.25, 0.3) is 0 Å². The molecule has 8 heteroatoms. The van der Waals surface area contributed by atoms with Crippen LogP contribution < -0.4 is 10.2 Å². The number of aldehydes is 1. The zero-order valence-corrected chi connectivity index (χ0v) is 17.8. The van der Waals surface area contributed by atoms with Crippen molar-refractivity contribution >= 4 is 17.9 Å². The average Bonchev–Trinajstić information content (AvgIpc) is 2.75. The number of hydrogen-bond donors (Lipinski definition) is 1. The average molecular weight is 420 g/mol. The Hall–Kier alpha value is -3.42. The molecule has 0 amide bonds. The molecule has 1 N–H and O–H groups in total. The van der Waals surface area contributed by atoms with Gasteiger partial charge in [-0.3, -0.25) is 4.79 Å². The molecule has 1 fully saturated rings. The number of halogens is 1. The van der Waals surface area contributed by atoms with Crippen LogP contribution >= 0.6 is 0 Å². The Morgan fingerprint density at radius 2 is 1.87 bits per heavy atom. The van der Waals surface area contributed by atoms with Crippen molar-refractivity contribution in [3.05, 3.63) is 59.4 Å². The Labute approximate surface area is 180 Å². The predicted octanol–water partition coefficient (Wildman–Crippen LogP) is 3.97. The molecular weight excluding hydrogens is 395 g/mol. The molecule has 0 bridgehead atoms. The van der Waals surface area contributed by atoms with E-state index >= 15 is 4.39 Å². The van der Waals surface area contributed by atoms with Crippen molar-refractivity contribution < 1.29 is 9.18 Å². The van der Waals surface area contributed by atoms with Gasteiger partial charge in [0.15, 0.2) is 17.9 Å². The second kappa shape index (κ2) is 8.75. The summed E-state index contributed by atoms with van der Waals surface area (Å²) < 4.78 is 15.5. The lowest BCUT2D eigenvalue weighted by Gasteiger charge is -2.41. The van der Waals surface area contributed by atoms with Gasteiger partial charge in [-0.05, 0) is 57.9 Å². The minimum absolute atomic E-state index is 0.0222. The number of aromatic nitrogens is 4. The van der Waals surface area contributed by atoms with Gasteiger partial charge in [-0.1, -0.05) is 0 Å². The van der Waals surface area contributed by atoms with Crippen molar-refractivity contribution in [2.45, 2.75) is 45.7 Å². The fourth-order valence-corrected chi connectivity index (χ4v) is 4.18. The monoisotopic (exact) mass is 420 g/mol. The molecule has 0 saturated carbocycles. The SMILES string of the molecule is Cc1cc(C)nc(N[C@H]2CCCN(c3ccc(-c4ncccn4)c(C=O)c3F)[C@@H]2C)n1. The van der Waals surface area contributed by atoms with E-state index in [1.807, 2.05) is 31.7 Å². The number of piperidine rings is 1. The normalized spacial score (nSPS) is 18.6. The summed E-state index contributed by atoms with van der Waals surface area (Å²) >= 11 is 0. The highest BCUT2D eigenvalue weighted by molar-refractivity contribution is 5.88. The lowest BCUT2D eigenvalue weighted by Crippen LogP contribution is -2.50. The zero-order chi connectivity index (χ0) is 22.0. The van der Waals surface area contributed by atoms with Crippen LogP contribution in [-0.4, -0.2) is 44.9 Å². The molecule has 3 heterocycles. The number of benzene rings is 1. The molecule has 160 valence electrons. The number of rotatable bonds is 5. The summed E-state index contributed by atoms with van der Waals surface area (Å²) in [6, 6.07) is 7.05. The van der Waals surface area contributed by atoms with Crippen LogP contribution in [0.4, 0.5) is 16.0 Å². The number of aryl methyl sites for hydroxylation is 2. The molecule has 0 spiro atoms. The van der Waals surface area contributed by atoms with Crippen LogP contribution in [0.25, 0.3) is 11.4 Å². The maximum atomic E-state index is 15.5. The minimum Gasteiger partial charge on any atom is -0.364 e. The van der Waals surface area contributed by atoms with E-state index in [2.05, 4.69) is 25.3 Å². The van der Waals surface area contributed by atoms with E-state index in [0.29, 0.717) is 35.9 Å². The summed E-state index contributed by atoms with van der Waals surface area (Å²) in [6.45, 7) is 6.62. The number of anilines is 2. The summed E-state index contributed by atoms with van der Waals surface area (Å²) in [5, 5.41) is 3.42. The predicted molar refractivity (Wildman–Crippen MR) is 118 cm³/mol. The highest BCUT2D eigenvalue weighted by atomic mass is 19.1. The lowest BCUT2D eigenvalue weighted by molar-refractivity contribution is 0.112. The van der Waals surface area contributed by atoms with Gasteiger partial charge in [0, 0.05) is 48.0 Å². The molecule has 1 aromatic carbocycles. The minimum atomic E-state index is -0.546. The number of carbonyl (C=O) groups is 1. The molecule has 2 aromatic heterocycles. The Kier molecular flexibility index (Phi) is 5.88. The Balaban J connectivity index is 1.63. The Bertz CT molecular complexity index is 1070. The summed E-state index contributed by atoms with van der Waals surface area (Å²) in [6.07, 6.45) is 5.48. The van der Waals surface area contributed by atoms with Crippen molar-refractivity contribution in [3.63, 3.8) is 0 Å². The summed E-state index contributed by atoms with van der Waals surface area (Å²) in [5.74, 6) is 0.366. The first-order valence-electron chi connectivity index (χ1n) is 10.4. The third-order valence-electron chi connectivity index (χ3n) is 5.68. The smallest absolute Gasteiger partial charge is 0.223 e. The van der Waals surface area contributed by atoms with Crippen molar-refractivity contribution in [3.8, 4) is 11.4 Å². The first kappa shape index (κ1) is 20.8. The summed E-state index contributed by atoms with van der Waals surface area (Å²) in [5.41, 5.74) is 2.57. The van der Waals surface area contributed by atoms with Gasteiger partial charge < -0.3 is 10.2 Å². The molecular formula is C23H25FN6O. The summed E-state index contributed by atoms with van der Waals surface area (Å²) in [4.78, 5) is 31.0. The molecule has 2 atom stereocenters. The molecule has 1 aliphatic heterocycles. The second-order valence-corrected chi connectivity index (χ2v) is 7.85. The van der Waals surface area contributed by atoms with Gasteiger partial charge in [-0.15, -0.1) is 0 Å². The maximum Gasteiger partial charge on any atom is 0.223 e. The van der Waals surface area contributed by atoms with Crippen LogP contribution in [0.15, 0.2) is 36.7 Å². The van der Waals surface area contributed by atoms with E-state index in [0.717, 1.165) is 24.2 Å². The van der Waals surface area contributed by atoms with Crippen LogP contribution in [0, 0.1) is 19.7 Å². The van der Waals surface area contributed by atoms with Gasteiger partial charge in [0.2, 0.25) is 5.95 Å².